The largest absolute Gasteiger partial charge is 0.454 e. The number of nitrogens with zero attached hydrogens (tertiary/aromatic N) is 1. The van der Waals surface area contributed by atoms with Gasteiger partial charge in [0, 0.05) is 12.5 Å². The number of aliphatic hydroxyl groups excluding tert-OH is 1. The molecule has 25 heavy (non-hydrogen) atoms. The van der Waals surface area contributed by atoms with Crippen molar-refractivity contribution in [3.05, 3.63) is 25.0 Å². The van der Waals surface area contributed by atoms with E-state index in [4.69, 9.17) is 20.8 Å². The summed E-state index contributed by atoms with van der Waals surface area (Å²) in [5.41, 5.74) is 0.531. The van der Waals surface area contributed by atoms with E-state index in [0.29, 0.717) is 26.5 Å². The Morgan fingerprint density at radius 1 is 1.56 bits per heavy atom. The van der Waals surface area contributed by atoms with Crippen molar-refractivity contribution in [2.24, 2.45) is 0 Å². The number of carbonyl (C=O) groups is 1. The second-order valence-corrected chi connectivity index (χ2v) is 9.03. The molecule has 0 saturated carbocycles. The summed E-state index contributed by atoms with van der Waals surface area (Å²) in [6.45, 7) is 7.15. The summed E-state index contributed by atoms with van der Waals surface area (Å²) in [5.74, 6) is 0.348. The zero-order chi connectivity index (χ0) is 18.9. The highest BCUT2D eigenvalue weighted by Crippen LogP contribution is 2.37. The summed E-state index contributed by atoms with van der Waals surface area (Å²) in [4.78, 5) is 16.0. The van der Waals surface area contributed by atoms with E-state index in [1.54, 1.807) is 33.8 Å². The van der Waals surface area contributed by atoms with E-state index in [2.05, 4.69) is 48.8 Å². The summed E-state index contributed by atoms with van der Waals surface area (Å²) in [5, 5.41) is 13.5. The van der Waals surface area contributed by atoms with Gasteiger partial charge in [0.1, 0.15) is 28.1 Å². The minimum absolute atomic E-state index is 0.252. The van der Waals surface area contributed by atoms with Gasteiger partial charge >= 0.3 is 6.09 Å². The van der Waals surface area contributed by atoms with Crippen LogP contribution in [0.4, 0.5) is 4.79 Å². The molecule has 2 N–H and O–H groups in total. The third kappa shape index (κ3) is 5.45. The molecule has 2 aromatic rings. The Balaban J connectivity index is 2.12. The van der Waals surface area contributed by atoms with Crippen LogP contribution in [0, 0.1) is 3.57 Å². The first kappa shape index (κ1) is 20.7. The number of nitrogens with one attached hydrogen (secondary N) is 1. The van der Waals surface area contributed by atoms with Crippen molar-refractivity contribution in [1.82, 2.24) is 10.3 Å². The molecule has 0 radical (unpaired) electrons. The van der Waals surface area contributed by atoms with Crippen LogP contribution in [0.2, 0.25) is 5.15 Å². The number of hydrogen-bond acceptors (Lipinski definition) is 5. The number of pyridine rings is 1. The van der Waals surface area contributed by atoms with Crippen molar-refractivity contribution >= 4 is 67.3 Å². The number of aromatic nitrogens is 1. The van der Waals surface area contributed by atoms with Gasteiger partial charge in [-0.25, -0.2) is 9.78 Å². The van der Waals surface area contributed by atoms with Crippen LogP contribution in [-0.4, -0.2) is 27.8 Å². The smallest absolute Gasteiger partial charge is 0.407 e. The molecule has 0 fully saturated rings. The van der Waals surface area contributed by atoms with Gasteiger partial charge in [0.15, 0.2) is 5.58 Å². The van der Waals surface area contributed by atoms with Gasteiger partial charge in [-0.05, 0) is 72.3 Å². The maximum absolute atomic E-state index is 11.8. The number of amides is 1. The second kappa shape index (κ2) is 7.98. The quantitative estimate of drug-likeness (QED) is 0.408. The van der Waals surface area contributed by atoms with Crippen LogP contribution < -0.4 is 5.32 Å². The van der Waals surface area contributed by atoms with Gasteiger partial charge in [-0.15, -0.1) is 0 Å². The third-order valence-electron chi connectivity index (χ3n) is 3.18. The number of rotatable bonds is 4. The van der Waals surface area contributed by atoms with E-state index >= 15 is 0 Å². The maximum Gasteiger partial charge on any atom is 0.407 e. The number of halogens is 3. The predicted octanol–water partition coefficient (Wildman–Crippen LogP) is 5.19. The minimum Gasteiger partial charge on any atom is -0.454 e. The van der Waals surface area contributed by atoms with Gasteiger partial charge in [-0.2, -0.15) is 0 Å². The number of carbonyl (C=O) groups excluding carboxylic acids is 1. The van der Waals surface area contributed by atoms with Gasteiger partial charge in [0.05, 0.1) is 8.04 Å². The summed E-state index contributed by atoms with van der Waals surface area (Å²) in [7, 11) is 0. The Bertz CT molecular complexity index is 791. The molecular weight excluding hydrogens is 526 g/mol. The lowest BCUT2D eigenvalue weighted by Crippen LogP contribution is -2.38. The van der Waals surface area contributed by atoms with E-state index in [9.17, 15) is 9.90 Å². The molecule has 0 saturated heterocycles. The average molecular weight is 546 g/mol. The Labute approximate surface area is 172 Å². The fourth-order valence-electron chi connectivity index (χ4n) is 2.21. The van der Waals surface area contributed by atoms with E-state index in [1.807, 2.05) is 0 Å². The number of fused-ring (bicyclic) bond motifs is 1. The Morgan fingerprint density at radius 2 is 2.20 bits per heavy atom. The van der Waals surface area contributed by atoms with Crippen molar-refractivity contribution in [3.63, 3.8) is 0 Å². The van der Waals surface area contributed by atoms with Crippen LogP contribution in [0.15, 0.2) is 15.0 Å². The average Bonchev–Trinajstić information content (AvgIpc) is 2.74. The van der Waals surface area contributed by atoms with Crippen molar-refractivity contribution in [3.8, 4) is 0 Å². The van der Waals surface area contributed by atoms with Crippen LogP contribution >= 0.6 is 50.1 Å². The number of aliphatic hydroxyl groups is 1. The summed E-state index contributed by atoms with van der Waals surface area (Å²) >= 11 is 11.5. The first-order chi connectivity index (χ1) is 11.5. The van der Waals surface area contributed by atoms with E-state index in [-0.39, 0.29) is 12.5 Å². The van der Waals surface area contributed by atoms with Crippen molar-refractivity contribution in [2.75, 3.05) is 0 Å². The highest BCUT2D eigenvalue weighted by atomic mass is 127. The van der Waals surface area contributed by atoms with Gasteiger partial charge < -0.3 is 19.6 Å². The molecule has 9 heteroatoms. The minimum atomic E-state index is -0.928. The number of hydrogen-bond donors (Lipinski definition) is 2. The van der Waals surface area contributed by atoms with E-state index in [1.165, 1.54) is 0 Å². The van der Waals surface area contributed by atoms with Crippen LogP contribution in [-0.2, 0) is 4.74 Å². The van der Waals surface area contributed by atoms with E-state index < -0.39 is 17.8 Å². The van der Waals surface area contributed by atoms with Crippen LogP contribution in [0.25, 0.3) is 11.1 Å². The van der Waals surface area contributed by atoms with E-state index in [0.717, 1.165) is 3.57 Å². The summed E-state index contributed by atoms with van der Waals surface area (Å²) in [6, 6.07) is 1.36. The van der Waals surface area contributed by atoms with Crippen molar-refractivity contribution in [2.45, 2.75) is 51.9 Å². The van der Waals surface area contributed by atoms with Crippen LogP contribution in [0.3, 0.4) is 0 Å². The molecule has 0 spiro atoms. The SMILES string of the molecule is C[C@@H](CC(O)c1oc2c(I)cc(Cl)nc2c1Br)NC(=O)OC(C)(C)C. The molecule has 0 aliphatic rings. The molecule has 6 nitrogen and oxygen atoms in total. The molecule has 2 heterocycles. The monoisotopic (exact) mass is 544 g/mol. The molecule has 1 unspecified atom stereocenters. The summed E-state index contributed by atoms with van der Waals surface area (Å²) < 4.78 is 12.3. The zero-order valence-electron chi connectivity index (χ0n) is 14.2. The molecule has 0 aliphatic carbocycles. The number of alkyl carbamates (subject to hydrolysis) is 1. The normalized spacial score (nSPS) is 14.4. The predicted molar refractivity (Wildman–Crippen MR) is 108 cm³/mol. The molecule has 0 aromatic carbocycles. The molecule has 138 valence electrons. The van der Waals surface area contributed by atoms with Gasteiger partial charge in [0.2, 0.25) is 0 Å². The molecule has 1 amide bonds. The lowest BCUT2D eigenvalue weighted by molar-refractivity contribution is 0.0484. The Hall–Kier alpha value is -0.580. The van der Waals surface area contributed by atoms with Crippen molar-refractivity contribution in [1.29, 1.82) is 0 Å². The molecule has 2 rings (SSSR count). The number of ether oxygens (including phenoxy) is 1. The summed E-state index contributed by atoms with van der Waals surface area (Å²) in [6.07, 6.45) is -1.20. The highest BCUT2D eigenvalue weighted by molar-refractivity contribution is 14.1. The van der Waals surface area contributed by atoms with Gasteiger partial charge in [-0.1, -0.05) is 11.6 Å². The molecule has 2 aromatic heterocycles. The van der Waals surface area contributed by atoms with Crippen molar-refractivity contribution < 1.29 is 19.1 Å². The zero-order valence-corrected chi connectivity index (χ0v) is 18.7. The molecule has 0 aliphatic heterocycles. The topological polar surface area (TPSA) is 84.6 Å². The fraction of sp³-hybridized carbons (Fsp3) is 0.500. The molecule has 2 atom stereocenters. The molecule has 0 bridgehead atoms. The second-order valence-electron chi connectivity index (χ2n) is 6.68. The number of furan rings is 1. The highest BCUT2D eigenvalue weighted by Gasteiger charge is 2.25. The maximum atomic E-state index is 11.8. The lowest BCUT2D eigenvalue weighted by atomic mass is 10.1. The first-order valence-electron chi connectivity index (χ1n) is 7.59. The Kier molecular flexibility index (Phi) is 6.61. The fourth-order valence-corrected chi connectivity index (χ4v) is 3.87. The van der Waals surface area contributed by atoms with Gasteiger partial charge in [0.25, 0.3) is 0 Å². The molecular formula is C16H19BrClIN2O4. The van der Waals surface area contributed by atoms with Gasteiger partial charge in [-0.3, -0.25) is 0 Å². The lowest BCUT2D eigenvalue weighted by Gasteiger charge is -2.22. The Morgan fingerprint density at radius 3 is 2.80 bits per heavy atom. The van der Waals surface area contributed by atoms with Crippen LogP contribution in [0.5, 0.6) is 0 Å². The third-order valence-corrected chi connectivity index (χ3v) is 4.94. The first-order valence-corrected chi connectivity index (χ1v) is 9.84. The van der Waals surface area contributed by atoms with Crippen LogP contribution in [0.1, 0.15) is 46.0 Å². The standard InChI is InChI=1S/C16H19BrClIN2O4/c1-7(20-15(23)25-16(2,3)4)5-9(22)14-11(17)12-13(24-14)8(19)6-10(18)21-12/h6-7,9,22H,5H2,1-4H3,(H,20,23)/t7-,9?/m0/s1.